The lowest BCUT2D eigenvalue weighted by molar-refractivity contribution is -0.137. The van der Waals surface area contributed by atoms with Crippen LogP contribution in [0.5, 0.6) is 0 Å². The van der Waals surface area contributed by atoms with Gasteiger partial charge in [-0.2, -0.15) is 0 Å². The van der Waals surface area contributed by atoms with Crippen LogP contribution in [-0.2, 0) is 4.79 Å². The Labute approximate surface area is 60.2 Å². The smallest absolute Gasteiger partial charge is 0.303 e. The first kappa shape index (κ1) is 8.99. The first-order valence-electron chi connectivity index (χ1n) is 3.07. The van der Waals surface area contributed by atoms with Crippen molar-refractivity contribution in [1.29, 1.82) is 0 Å². The van der Waals surface area contributed by atoms with E-state index in [9.17, 15) is 4.79 Å². The highest BCUT2D eigenvalue weighted by Crippen LogP contribution is 1.97. The Balaban J connectivity index is 3.32. The molecule has 0 saturated heterocycles. The largest absolute Gasteiger partial charge is 0.481 e. The van der Waals surface area contributed by atoms with Gasteiger partial charge in [0.05, 0.1) is 0 Å². The van der Waals surface area contributed by atoms with Gasteiger partial charge < -0.3 is 10.8 Å². The summed E-state index contributed by atoms with van der Waals surface area (Å²) >= 11 is 0. The van der Waals surface area contributed by atoms with Crippen molar-refractivity contribution < 1.29 is 9.90 Å². The molecule has 0 fully saturated rings. The van der Waals surface area contributed by atoms with Gasteiger partial charge in [0.25, 0.3) is 0 Å². The molecule has 0 bridgehead atoms. The average Bonchev–Trinajstić information content (AvgIpc) is 1.85. The fourth-order valence-electron chi connectivity index (χ4n) is 0.562. The van der Waals surface area contributed by atoms with E-state index >= 15 is 0 Å². The molecular weight excluding hydrogens is 130 g/mol. The normalized spacial score (nSPS) is 12.0. The maximum absolute atomic E-state index is 10.0. The van der Waals surface area contributed by atoms with Crippen molar-refractivity contribution in [3.63, 3.8) is 0 Å². The summed E-state index contributed by atoms with van der Waals surface area (Å²) in [5.74, 6) is 1.55. The summed E-state index contributed by atoms with van der Waals surface area (Å²) in [6.45, 7) is 0. The molecule has 0 amide bonds. The van der Waals surface area contributed by atoms with Gasteiger partial charge >= 0.3 is 5.97 Å². The molecule has 3 nitrogen and oxygen atoms in total. The van der Waals surface area contributed by atoms with Crippen LogP contribution in [-0.4, -0.2) is 17.1 Å². The molecule has 3 N–H and O–H groups in total. The molecule has 3 heteroatoms. The molecule has 0 aliphatic rings. The number of terminal acetylenes is 1. The van der Waals surface area contributed by atoms with Crippen LogP contribution < -0.4 is 5.73 Å². The molecule has 0 radical (unpaired) electrons. The van der Waals surface area contributed by atoms with Crippen LogP contribution in [0, 0.1) is 12.3 Å². The highest BCUT2D eigenvalue weighted by Gasteiger charge is 2.02. The Morgan fingerprint density at radius 2 is 2.40 bits per heavy atom. The van der Waals surface area contributed by atoms with Crippen LogP contribution in [0.4, 0.5) is 0 Å². The standard InChI is InChI=1S/C7H11NO2/c1-2-3-6(8)4-5-7(9)10/h1,6H,3-5,8H2,(H,9,10). The maximum atomic E-state index is 10.0. The predicted octanol–water partition coefficient (Wildman–Crippen LogP) is 0.202. The molecule has 56 valence electrons. The molecule has 0 aromatic heterocycles. The highest BCUT2D eigenvalue weighted by atomic mass is 16.4. The fraction of sp³-hybridized carbons (Fsp3) is 0.571. The Hall–Kier alpha value is -1.01. The Morgan fingerprint density at radius 1 is 1.80 bits per heavy atom. The topological polar surface area (TPSA) is 63.3 Å². The zero-order valence-electron chi connectivity index (χ0n) is 5.71. The van der Waals surface area contributed by atoms with E-state index in [1.807, 2.05) is 0 Å². The lowest BCUT2D eigenvalue weighted by Crippen LogP contribution is -2.20. The highest BCUT2D eigenvalue weighted by molar-refractivity contribution is 5.66. The van der Waals surface area contributed by atoms with Crippen LogP contribution in [0.25, 0.3) is 0 Å². The number of aliphatic carboxylic acids is 1. The Kier molecular flexibility index (Phi) is 4.34. The molecular formula is C7H11NO2. The quantitative estimate of drug-likeness (QED) is 0.550. The summed E-state index contributed by atoms with van der Waals surface area (Å²) < 4.78 is 0. The zero-order valence-corrected chi connectivity index (χ0v) is 5.71. The van der Waals surface area contributed by atoms with E-state index in [0.717, 1.165) is 0 Å². The van der Waals surface area contributed by atoms with Crippen LogP contribution in [0.2, 0.25) is 0 Å². The van der Waals surface area contributed by atoms with E-state index in [0.29, 0.717) is 12.8 Å². The number of carboxylic acid groups (broad SMARTS) is 1. The molecule has 0 aliphatic heterocycles. The van der Waals surface area contributed by atoms with E-state index in [-0.39, 0.29) is 12.5 Å². The van der Waals surface area contributed by atoms with Gasteiger partial charge in [-0.05, 0) is 6.42 Å². The van der Waals surface area contributed by atoms with Crippen molar-refractivity contribution in [3.8, 4) is 12.3 Å². The Morgan fingerprint density at radius 3 is 2.80 bits per heavy atom. The molecule has 0 rings (SSSR count). The predicted molar refractivity (Wildman–Crippen MR) is 38.3 cm³/mol. The van der Waals surface area contributed by atoms with Crippen LogP contribution in [0.1, 0.15) is 19.3 Å². The third-order valence-electron chi connectivity index (χ3n) is 1.11. The Bertz CT molecular complexity index is 148. The summed E-state index contributed by atoms with van der Waals surface area (Å²) in [5, 5.41) is 8.22. The SMILES string of the molecule is C#CCC(N)CCC(=O)O. The molecule has 0 aromatic carbocycles. The molecule has 0 saturated carbocycles. The third kappa shape index (κ3) is 5.13. The van der Waals surface area contributed by atoms with Crippen molar-refractivity contribution in [2.75, 3.05) is 0 Å². The first-order chi connectivity index (χ1) is 4.66. The number of nitrogens with two attached hydrogens (primary N) is 1. The van der Waals surface area contributed by atoms with Crippen molar-refractivity contribution in [2.45, 2.75) is 25.3 Å². The molecule has 0 spiro atoms. The van der Waals surface area contributed by atoms with E-state index in [1.165, 1.54) is 0 Å². The minimum Gasteiger partial charge on any atom is -0.481 e. The van der Waals surface area contributed by atoms with Gasteiger partial charge in [-0.1, -0.05) is 0 Å². The molecule has 0 aromatic rings. The third-order valence-corrected chi connectivity index (χ3v) is 1.11. The van der Waals surface area contributed by atoms with Gasteiger partial charge in [-0.25, -0.2) is 0 Å². The number of carbonyl (C=O) groups is 1. The summed E-state index contributed by atoms with van der Waals surface area (Å²) in [4.78, 5) is 10.0. The van der Waals surface area contributed by atoms with Crippen molar-refractivity contribution in [3.05, 3.63) is 0 Å². The van der Waals surface area contributed by atoms with Gasteiger partial charge in [0.15, 0.2) is 0 Å². The number of carboxylic acids is 1. The molecule has 10 heavy (non-hydrogen) atoms. The zero-order chi connectivity index (χ0) is 7.98. The fourth-order valence-corrected chi connectivity index (χ4v) is 0.562. The van der Waals surface area contributed by atoms with E-state index in [2.05, 4.69) is 5.92 Å². The van der Waals surface area contributed by atoms with Crippen molar-refractivity contribution in [1.82, 2.24) is 0 Å². The lowest BCUT2D eigenvalue weighted by Gasteiger charge is -2.03. The van der Waals surface area contributed by atoms with E-state index in [4.69, 9.17) is 17.3 Å². The van der Waals surface area contributed by atoms with E-state index < -0.39 is 5.97 Å². The van der Waals surface area contributed by atoms with Crippen LogP contribution >= 0.6 is 0 Å². The average molecular weight is 141 g/mol. The van der Waals surface area contributed by atoms with Gasteiger partial charge in [-0.3, -0.25) is 4.79 Å². The summed E-state index contributed by atoms with van der Waals surface area (Å²) in [5.41, 5.74) is 5.43. The van der Waals surface area contributed by atoms with Crippen LogP contribution in [0.15, 0.2) is 0 Å². The van der Waals surface area contributed by atoms with Gasteiger partial charge in [-0.15, -0.1) is 12.3 Å². The lowest BCUT2D eigenvalue weighted by atomic mass is 10.1. The summed E-state index contributed by atoms with van der Waals surface area (Å²) in [6, 6.07) is -0.166. The van der Waals surface area contributed by atoms with Crippen LogP contribution in [0.3, 0.4) is 0 Å². The number of hydrogen-bond acceptors (Lipinski definition) is 2. The monoisotopic (exact) mass is 141 g/mol. The van der Waals surface area contributed by atoms with Crippen molar-refractivity contribution in [2.24, 2.45) is 5.73 Å². The second kappa shape index (κ2) is 4.83. The molecule has 1 unspecified atom stereocenters. The first-order valence-corrected chi connectivity index (χ1v) is 3.07. The summed E-state index contributed by atoms with van der Waals surface area (Å²) in [7, 11) is 0. The van der Waals surface area contributed by atoms with Crippen molar-refractivity contribution >= 4 is 5.97 Å². The molecule has 1 atom stereocenters. The molecule has 0 heterocycles. The minimum atomic E-state index is -0.826. The maximum Gasteiger partial charge on any atom is 0.303 e. The second-order valence-corrected chi connectivity index (χ2v) is 2.10. The summed E-state index contributed by atoms with van der Waals surface area (Å²) in [6.07, 6.45) is 5.97. The number of hydrogen-bond donors (Lipinski definition) is 2. The second-order valence-electron chi connectivity index (χ2n) is 2.10. The number of rotatable bonds is 4. The molecule has 0 aliphatic carbocycles. The van der Waals surface area contributed by atoms with E-state index in [1.54, 1.807) is 0 Å². The van der Waals surface area contributed by atoms with Gasteiger partial charge in [0, 0.05) is 18.9 Å². The van der Waals surface area contributed by atoms with Gasteiger partial charge in [0.2, 0.25) is 0 Å². The van der Waals surface area contributed by atoms with Gasteiger partial charge in [0.1, 0.15) is 0 Å². The minimum absolute atomic E-state index is 0.100.